The monoisotopic (exact) mass is 216 g/mol. The molecule has 0 aliphatic carbocycles. The first-order valence-electron chi connectivity index (χ1n) is 4.35. The second-order valence-electron chi connectivity index (χ2n) is 3.02. The normalized spacial score (nSPS) is 10.3. The van der Waals surface area contributed by atoms with Crippen molar-refractivity contribution >= 4 is 12.7 Å². The third-order valence-electron chi connectivity index (χ3n) is 1.58. The molecule has 2 N–H and O–H groups in total. The fourth-order valence-corrected chi connectivity index (χ4v) is 1.06. The molecule has 0 saturated heterocycles. The highest BCUT2D eigenvalue weighted by atomic mass is 19.3. The molecule has 82 valence electrons. The summed E-state index contributed by atoms with van der Waals surface area (Å²) in [5.41, 5.74) is 0.790. The van der Waals surface area contributed by atoms with Gasteiger partial charge >= 0.3 is 13.7 Å². The SMILES string of the molecule is CB(O)Nc1cnc(C)cc1OC(F)F. The average molecular weight is 216 g/mol. The van der Waals surface area contributed by atoms with Gasteiger partial charge in [-0.2, -0.15) is 8.78 Å². The number of nitrogens with zero attached hydrogens (tertiary/aromatic N) is 1. The third-order valence-corrected chi connectivity index (χ3v) is 1.58. The molecular weight excluding hydrogens is 205 g/mol. The fraction of sp³-hybridized carbons (Fsp3) is 0.375. The molecule has 1 aromatic heterocycles. The number of hydrogen-bond acceptors (Lipinski definition) is 4. The van der Waals surface area contributed by atoms with E-state index in [1.54, 1.807) is 6.92 Å². The van der Waals surface area contributed by atoms with Crippen LogP contribution in [-0.2, 0) is 0 Å². The molecule has 1 heterocycles. The summed E-state index contributed by atoms with van der Waals surface area (Å²) in [5, 5.41) is 11.6. The van der Waals surface area contributed by atoms with Gasteiger partial charge in [0.25, 0.3) is 0 Å². The molecule has 0 amide bonds. The van der Waals surface area contributed by atoms with E-state index in [1.165, 1.54) is 19.1 Å². The second-order valence-corrected chi connectivity index (χ2v) is 3.02. The molecule has 0 aliphatic heterocycles. The van der Waals surface area contributed by atoms with Crippen molar-refractivity contribution in [2.24, 2.45) is 0 Å². The molecular formula is C8H11BF2N2O2. The van der Waals surface area contributed by atoms with Gasteiger partial charge in [-0.3, -0.25) is 4.98 Å². The van der Waals surface area contributed by atoms with Crippen molar-refractivity contribution in [3.05, 3.63) is 18.0 Å². The van der Waals surface area contributed by atoms with Crippen LogP contribution in [0.1, 0.15) is 5.69 Å². The van der Waals surface area contributed by atoms with Crippen LogP contribution in [0.3, 0.4) is 0 Å². The van der Waals surface area contributed by atoms with E-state index in [0.717, 1.165) is 0 Å². The van der Waals surface area contributed by atoms with Crippen LogP contribution in [0, 0.1) is 6.92 Å². The number of rotatable bonds is 4. The van der Waals surface area contributed by atoms with Crippen LogP contribution in [0.4, 0.5) is 14.5 Å². The van der Waals surface area contributed by atoms with E-state index >= 15 is 0 Å². The van der Waals surface area contributed by atoms with Gasteiger partial charge in [0.1, 0.15) is 0 Å². The lowest BCUT2D eigenvalue weighted by Crippen LogP contribution is -2.20. The highest BCUT2D eigenvalue weighted by Crippen LogP contribution is 2.25. The van der Waals surface area contributed by atoms with Gasteiger partial charge < -0.3 is 15.0 Å². The zero-order valence-corrected chi connectivity index (χ0v) is 8.37. The van der Waals surface area contributed by atoms with Crippen molar-refractivity contribution in [3.8, 4) is 5.75 Å². The quantitative estimate of drug-likeness (QED) is 0.749. The minimum absolute atomic E-state index is 0.0293. The number of pyridine rings is 1. The van der Waals surface area contributed by atoms with Gasteiger partial charge in [-0.25, -0.2) is 0 Å². The molecule has 15 heavy (non-hydrogen) atoms. The molecule has 0 aliphatic rings. The number of ether oxygens (including phenoxy) is 1. The molecule has 1 aromatic rings. The van der Waals surface area contributed by atoms with Crippen molar-refractivity contribution in [2.45, 2.75) is 20.4 Å². The molecule has 0 saturated carbocycles. The van der Waals surface area contributed by atoms with E-state index < -0.39 is 13.7 Å². The van der Waals surface area contributed by atoms with Crippen LogP contribution in [0.2, 0.25) is 6.82 Å². The number of alkyl halides is 2. The number of aryl methyl sites for hydroxylation is 1. The van der Waals surface area contributed by atoms with Crippen LogP contribution >= 0.6 is 0 Å². The zero-order chi connectivity index (χ0) is 11.4. The predicted molar refractivity (Wildman–Crippen MR) is 53.1 cm³/mol. The van der Waals surface area contributed by atoms with E-state index in [4.69, 9.17) is 5.02 Å². The Kier molecular flexibility index (Phi) is 3.84. The Morgan fingerprint density at radius 3 is 2.80 bits per heavy atom. The standard InChI is InChI=1S/C8H11BF2N2O2/c1-5-3-7(15-8(10)11)6(4-12-5)13-9(2)14/h3-4,8,13-14H,1-2H3. The van der Waals surface area contributed by atoms with Crippen LogP contribution in [0.15, 0.2) is 12.3 Å². The highest BCUT2D eigenvalue weighted by Gasteiger charge is 2.13. The Morgan fingerprint density at radius 1 is 1.60 bits per heavy atom. The molecule has 4 nitrogen and oxygen atoms in total. The lowest BCUT2D eigenvalue weighted by atomic mass is 9.88. The summed E-state index contributed by atoms with van der Waals surface area (Å²) < 4.78 is 28.4. The fourth-order valence-electron chi connectivity index (χ4n) is 1.06. The second kappa shape index (κ2) is 4.93. The highest BCUT2D eigenvalue weighted by molar-refractivity contribution is 6.52. The Morgan fingerprint density at radius 2 is 2.27 bits per heavy atom. The smallest absolute Gasteiger partial charge is 0.407 e. The summed E-state index contributed by atoms with van der Waals surface area (Å²) in [6.45, 7) is 0.220. The van der Waals surface area contributed by atoms with Gasteiger partial charge in [0, 0.05) is 11.8 Å². The van der Waals surface area contributed by atoms with Gasteiger partial charge in [0.2, 0.25) is 0 Å². The van der Waals surface area contributed by atoms with Crippen LogP contribution in [-0.4, -0.2) is 23.7 Å². The maximum absolute atomic E-state index is 12.0. The predicted octanol–water partition coefficient (Wildman–Crippen LogP) is 1.51. The first-order chi connectivity index (χ1) is 6.99. The topological polar surface area (TPSA) is 54.4 Å². The maximum atomic E-state index is 12.0. The minimum atomic E-state index is -2.90. The minimum Gasteiger partial charge on any atom is -0.433 e. The molecule has 0 bridgehead atoms. The maximum Gasteiger partial charge on any atom is 0.407 e. The lowest BCUT2D eigenvalue weighted by Gasteiger charge is -2.12. The van der Waals surface area contributed by atoms with Gasteiger partial charge in [0.15, 0.2) is 5.75 Å². The summed E-state index contributed by atoms with van der Waals surface area (Å²) in [4.78, 5) is 3.90. The molecule has 7 heteroatoms. The Hall–Kier alpha value is -1.37. The van der Waals surface area contributed by atoms with Crippen LogP contribution < -0.4 is 9.96 Å². The Balaban J connectivity index is 2.92. The van der Waals surface area contributed by atoms with E-state index in [-0.39, 0.29) is 11.4 Å². The van der Waals surface area contributed by atoms with Crippen molar-refractivity contribution in [3.63, 3.8) is 0 Å². The molecule has 0 spiro atoms. The molecule has 0 fully saturated rings. The van der Waals surface area contributed by atoms with Crippen LogP contribution in [0.5, 0.6) is 5.75 Å². The molecule has 1 rings (SSSR count). The summed E-state index contributed by atoms with van der Waals surface area (Å²) in [5.74, 6) is -0.0293. The van der Waals surface area contributed by atoms with E-state index in [9.17, 15) is 8.78 Å². The molecule has 0 unspecified atom stereocenters. The number of hydrogen-bond donors (Lipinski definition) is 2. The zero-order valence-electron chi connectivity index (χ0n) is 8.37. The van der Waals surface area contributed by atoms with Gasteiger partial charge in [-0.15, -0.1) is 0 Å². The van der Waals surface area contributed by atoms with E-state index in [0.29, 0.717) is 5.69 Å². The molecule has 0 aromatic carbocycles. The summed E-state index contributed by atoms with van der Waals surface area (Å²) in [7, 11) is -0.866. The van der Waals surface area contributed by atoms with Crippen molar-refractivity contribution in [1.29, 1.82) is 0 Å². The largest absolute Gasteiger partial charge is 0.433 e. The summed E-state index contributed by atoms with van der Waals surface area (Å²) in [6, 6.07) is 1.37. The number of nitrogens with one attached hydrogen (secondary N) is 1. The number of aromatic nitrogens is 1. The number of halogens is 2. The molecule has 0 radical (unpaired) electrons. The third kappa shape index (κ3) is 3.71. The summed E-state index contributed by atoms with van der Waals surface area (Å²) >= 11 is 0. The molecule has 0 atom stereocenters. The van der Waals surface area contributed by atoms with Crippen molar-refractivity contribution < 1.29 is 18.5 Å². The van der Waals surface area contributed by atoms with Gasteiger partial charge in [-0.1, -0.05) is 0 Å². The first kappa shape index (κ1) is 11.7. The van der Waals surface area contributed by atoms with Crippen molar-refractivity contribution in [2.75, 3.05) is 5.23 Å². The Bertz CT molecular complexity index is 336. The summed E-state index contributed by atoms with van der Waals surface area (Å²) in [6.07, 6.45) is 1.33. The van der Waals surface area contributed by atoms with Gasteiger partial charge in [-0.05, 0) is 13.7 Å². The van der Waals surface area contributed by atoms with Crippen LogP contribution in [0.25, 0.3) is 0 Å². The Labute approximate surface area is 86.4 Å². The average Bonchev–Trinajstić information content (AvgIpc) is 2.08. The van der Waals surface area contributed by atoms with Gasteiger partial charge in [0.05, 0.1) is 11.9 Å². The lowest BCUT2D eigenvalue weighted by molar-refractivity contribution is -0.0494. The van der Waals surface area contributed by atoms with E-state index in [2.05, 4.69) is 14.9 Å². The first-order valence-corrected chi connectivity index (χ1v) is 4.35. The number of anilines is 1. The van der Waals surface area contributed by atoms with E-state index in [1.807, 2.05) is 0 Å². The van der Waals surface area contributed by atoms with Crippen molar-refractivity contribution in [1.82, 2.24) is 4.98 Å².